The molecule has 3 aromatic carbocycles. The van der Waals surface area contributed by atoms with Gasteiger partial charge in [-0.3, -0.25) is 9.69 Å². The van der Waals surface area contributed by atoms with Gasteiger partial charge in [-0.1, -0.05) is 70.0 Å². The highest BCUT2D eigenvalue weighted by Gasteiger charge is 2.30. The van der Waals surface area contributed by atoms with E-state index in [0.717, 1.165) is 27.0 Å². The summed E-state index contributed by atoms with van der Waals surface area (Å²) in [5.41, 5.74) is 4.26. The Kier molecular flexibility index (Phi) is 4.97. The number of nitrogens with zero attached hydrogens (tertiary/aromatic N) is 1. The van der Waals surface area contributed by atoms with E-state index < -0.39 is 0 Å². The average molecular weight is 437 g/mol. The third kappa shape index (κ3) is 3.75. The van der Waals surface area contributed by atoms with Gasteiger partial charge in [0.2, 0.25) is 0 Å². The Morgan fingerprint density at radius 2 is 1.52 bits per heavy atom. The number of benzene rings is 3. The molecular weight excluding hydrogens is 422 g/mol. The zero-order valence-electron chi connectivity index (χ0n) is 14.3. The summed E-state index contributed by atoms with van der Waals surface area (Å²) in [6.07, 6.45) is 3.83. The van der Waals surface area contributed by atoms with Gasteiger partial charge in [0.15, 0.2) is 0 Å². The van der Waals surface area contributed by atoms with Gasteiger partial charge < -0.3 is 0 Å². The molecule has 0 saturated heterocycles. The number of hydrogen-bond acceptors (Lipinski definition) is 1. The molecule has 3 aromatic rings. The smallest absolute Gasteiger partial charge is 0.262 e. The van der Waals surface area contributed by atoms with Gasteiger partial charge in [-0.25, -0.2) is 0 Å². The van der Waals surface area contributed by atoms with Gasteiger partial charge >= 0.3 is 0 Å². The SMILES string of the molecule is O=C1/C(=C/c2ccc(Cl)cc2)C=C(c2ccccc2)N1c1ccc(Br)cc1. The van der Waals surface area contributed by atoms with Crippen LogP contribution >= 0.6 is 27.5 Å². The molecule has 27 heavy (non-hydrogen) atoms. The van der Waals surface area contributed by atoms with Crippen LogP contribution in [-0.2, 0) is 4.79 Å². The van der Waals surface area contributed by atoms with E-state index in [0.29, 0.717) is 10.6 Å². The van der Waals surface area contributed by atoms with Crippen molar-refractivity contribution in [1.29, 1.82) is 0 Å². The van der Waals surface area contributed by atoms with E-state index in [-0.39, 0.29) is 5.91 Å². The van der Waals surface area contributed by atoms with Gasteiger partial charge in [0.1, 0.15) is 0 Å². The monoisotopic (exact) mass is 435 g/mol. The summed E-state index contributed by atoms with van der Waals surface area (Å²) in [6.45, 7) is 0. The van der Waals surface area contributed by atoms with Crippen LogP contribution in [0.25, 0.3) is 11.8 Å². The van der Waals surface area contributed by atoms with Gasteiger partial charge in [0, 0.05) is 20.8 Å². The highest BCUT2D eigenvalue weighted by molar-refractivity contribution is 9.10. The quantitative estimate of drug-likeness (QED) is 0.425. The predicted molar refractivity (Wildman–Crippen MR) is 115 cm³/mol. The summed E-state index contributed by atoms with van der Waals surface area (Å²) in [5, 5.41) is 0.673. The molecule has 0 unspecified atom stereocenters. The van der Waals surface area contributed by atoms with Crippen molar-refractivity contribution in [3.05, 3.63) is 111 Å². The molecule has 0 atom stereocenters. The maximum absolute atomic E-state index is 13.2. The fraction of sp³-hybridized carbons (Fsp3) is 0. The van der Waals surface area contributed by atoms with Crippen LogP contribution in [0.5, 0.6) is 0 Å². The topological polar surface area (TPSA) is 20.3 Å². The van der Waals surface area contributed by atoms with E-state index >= 15 is 0 Å². The minimum absolute atomic E-state index is 0.0499. The standard InChI is InChI=1S/C23H15BrClNO/c24-19-8-12-21(13-9-19)26-22(17-4-2-1-3-5-17)15-18(23(26)27)14-16-6-10-20(25)11-7-16/h1-15H/b18-14+. The molecule has 0 bridgehead atoms. The molecule has 0 spiro atoms. The van der Waals surface area contributed by atoms with E-state index in [2.05, 4.69) is 15.9 Å². The first-order valence-corrected chi connectivity index (χ1v) is 9.63. The Hall–Kier alpha value is -2.62. The largest absolute Gasteiger partial charge is 0.276 e. The number of rotatable bonds is 3. The highest BCUT2D eigenvalue weighted by Crippen LogP contribution is 2.35. The van der Waals surface area contributed by atoms with Crippen molar-refractivity contribution in [3.63, 3.8) is 0 Å². The first-order valence-electron chi connectivity index (χ1n) is 8.46. The fourth-order valence-electron chi connectivity index (χ4n) is 3.02. The van der Waals surface area contributed by atoms with Gasteiger partial charge in [0.05, 0.1) is 5.70 Å². The Balaban J connectivity index is 1.80. The van der Waals surface area contributed by atoms with Crippen molar-refractivity contribution in [2.45, 2.75) is 0 Å². The first kappa shape index (κ1) is 17.8. The molecule has 0 fully saturated rings. The second-order valence-electron chi connectivity index (χ2n) is 6.16. The Morgan fingerprint density at radius 3 is 2.19 bits per heavy atom. The maximum atomic E-state index is 13.2. The molecule has 0 aromatic heterocycles. The second-order valence-corrected chi connectivity index (χ2v) is 7.52. The third-order valence-electron chi connectivity index (χ3n) is 4.33. The maximum Gasteiger partial charge on any atom is 0.262 e. The molecule has 4 rings (SSSR count). The van der Waals surface area contributed by atoms with Crippen LogP contribution in [-0.4, -0.2) is 5.91 Å². The van der Waals surface area contributed by atoms with Gasteiger partial charge in [-0.05, 0) is 59.7 Å². The minimum atomic E-state index is -0.0499. The lowest BCUT2D eigenvalue weighted by Gasteiger charge is -2.21. The summed E-state index contributed by atoms with van der Waals surface area (Å²) >= 11 is 9.42. The molecule has 0 radical (unpaired) electrons. The van der Waals surface area contributed by atoms with Crippen LogP contribution in [0.1, 0.15) is 11.1 Å². The van der Waals surface area contributed by atoms with E-state index in [1.54, 1.807) is 4.90 Å². The summed E-state index contributed by atoms with van der Waals surface area (Å²) in [5.74, 6) is -0.0499. The number of hydrogen-bond donors (Lipinski definition) is 0. The molecule has 2 nitrogen and oxygen atoms in total. The number of anilines is 1. The lowest BCUT2D eigenvalue weighted by molar-refractivity contribution is -0.113. The zero-order chi connectivity index (χ0) is 18.8. The molecule has 1 amide bonds. The van der Waals surface area contributed by atoms with Crippen LogP contribution in [0.4, 0.5) is 5.69 Å². The lowest BCUT2D eigenvalue weighted by atomic mass is 10.1. The van der Waals surface area contributed by atoms with Crippen molar-refractivity contribution in [3.8, 4) is 0 Å². The third-order valence-corrected chi connectivity index (χ3v) is 5.11. The van der Waals surface area contributed by atoms with Crippen LogP contribution in [0.3, 0.4) is 0 Å². The van der Waals surface area contributed by atoms with E-state index in [1.807, 2.05) is 91.0 Å². The second kappa shape index (κ2) is 7.55. The van der Waals surface area contributed by atoms with Crippen LogP contribution < -0.4 is 4.90 Å². The summed E-state index contributed by atoms with van der Waals surface area (Å²) in [7, 11) is 0. The molecule has 1 aliphatic rings. The van der Waals surface area contributed by atoms with Crippen molar-refractivity contribution >= 4 is 50.9 Å². The first-order chi connectivity index (χ1) is 13.1. The molecule has 0 aliphatic carbocycles. The van der Waals surface area contributed by atoms with Gasteiger partial charge in [-0.15, -0.1) is 0 Å². The predicted octanol–water partition coefficient (Wildman–Crippen LogP) is 6.57. The lowest BCUT2D eigenvalue weighted by Crippen LogP contribution is -2.24. The Bertz CT molecular complexity index is 1040. The Labute approximate surface area is 171 Å². The van der Waals surface area contributed by atoms with Crippen LogP contribution in [0, 0.1) is 0 Å². The zero-order valence-corrected chi connectivity index (χ0v) is 16.6. The van der Waals surface area contributed by atoms with Gasteiger partial charge in [-0.2, -0.15) is 0 Å². The Morgan fingerprint density at radius 1 is 0.852 bits per heavy atom. The highest BCUT2D eigenvalue weighted by atomic mass is 79.9. The van der Waals surface area contributed by atoms with E-state index in [4.69, 9.17) is 11.6 Å². The number of carbonyl (C=O) groups excluding carboxylic acids is 1. The number of amides is 1. The molecule has 4 heteroatoms. The van der Waals surface area contributed by atoms with Gasteiger partial charge in [0.25, 0.3) is 5.91 Å². The van der Waals surface area contributed by atoms with Crippen molar-refractivity contribution in [2.24, 2.45) is 0 Å². The van der Waals surface area contributed by atoms with Crippen LogP contribution in [0.2, 0.25) is 5.02 Å². The van der Waals surface area contributed by atoms with E-state index in [1.165, 1.54) is 0 Å². The summed E-state index contributed by atoms with van der Waals surface area (Å²) in [6, 6.07) is 25.1. The summed E-state index contributed by atoms with van der Waals surface area (Å²) in [4.78, 5) is 15.0. The molecule has 0 saturated carbocycles. The van der Waals surface area contributed by atoms with Crippen LogP contribution in [0.15, 0.2) is 95.0 Å². The molecular formula is C23H15BrClNO. The molecule has 1 heterocycles. The van der Waals surface area contributed by atoms with Crippen molar-refractivity contribution in [2.75, 3.05) is 4.90 Å². The number of carbonyl (C=O) groups is 1. The van der Waals surface area contributed by atoms with Crippen molar-refractivity contribution < 1.29 is 4.79 Å². The normalized spacial score (nSPS) is 15.3. The fourth-order valence-corrected chi connectivity index (χ4v) is 3.41. The summed E-state index contributed by atoms with van der Waals surface area (Å²) < 4.78 is 0.972. The average Bonchev–Trinajstić information content (AvgIpc) is 3.01. The van der Waals surface area contributed by atoms with Crippen molar-refractivity contribution in [1.82, 2.24) is 0 Å². The molecule has 1 aliphatic heterocycles. The molecule has 132 valence electrons. The van der Waals surface area contributed by atoms with E-state index in [9.17, 15) is 4.79 Å². The molecule has 0 N–H and O–H groups in total. The number of halogens is 2. The minimum Gasteiger partial charge on any atom is -0.276 e.